The first-order valence-electron chi connectivity index (χ1n) is 3.54. The normalized spacial score (nSPS) is 14.2. The highest BCUT2D eigenvalue weighted by Gasteiger charge is 1.91. The van der Waals surface area contributed by atoms with Crippen molar-refractivity contribution in [1.82, 2.24) is 0 Å². The van der Waals surface area contributed by atoms with Crippen LogP contribution in [-0.2, 0) is 0 Å². The summed E-state index contributed by atoms with van der Waals surface area (Å²) in [6.45, 7) is 8.50. The molecule has 0 aliphatic rings. The molecule has 9 heavy (non-hydrogen) atoms. The molecule has 0 aromatic carbocycles. The summed E-state index contributed by atoms with van der Waals surface area (Å²) in [5.41, 5.74) is 2.86. The Labute approximate surface area is 58.3 Å². The van der Waals surface area contributed by atoms with Crippen molar-refractivity contribution in [2.45, 2.75) is 34.1 Å². The Kier molecular flexibility index (Phi) is 4.12. The Morgan fingerprint density at radius 2 is 1.78 bits per heavy atom. The molecule has 0 bridgehead atoms. The second-order valence-corrected chi connectivity index (χ2v) is 2.14. The van der Waals surface area contributed by atoms with E-state index in [1.54, 1.807) is 0 Å². The van der Waals surface area contributed by atoms with Gasteiger partial charge in [-0.25, -0.2) is 0 Å². The maximum Gasteiger partial charge on any atom is -0.0308 e. The summed E-state index contributed by atoms with van der Waals surface area (Å²) in [7, 11) is 0. The van der Waals surface area contributed by atoms with Crippen LogP contribution in [0.4, 0.5) is 0 Å². The molecule has 52 valence electrons. The summed E-state index contributed by atoms with van der Waals surface area (Å²) in [4.78, 5) is 0. The molecule has 0 saturated carbocycles. The standard InChI is InChI=1S/C9H16/c1-5-8(4)9(6-2)7-3/h5-6H,7H2,1-4H3. The van der Waals surface area contributed by atoms with Crippen molar-refractivity contribution in [3.8, 4) is 0 Å². The van der Waals surface area contributed by atoms with Crippen LogP contribution >= 0.6 is 0 Å². The van der Waals surface area contributed by atoms with Crippen molar-refractivity contribution in [2.75, 3.05) is 0 Å². The van der Waals surface area contributed by atoms with E-state index in [4.69, 9.17) is 0 Å². The van der Waals surface area contributed by atoms with Crippen LogP contribution in [0.25, 0.3) is 0 Å². The van der Waals surface area contributed by atoms with Gasteiger partial charge in [-0.05, 0) is 32.8 Å². The molecule has 0 unspecified atom stereocenters. The lowest BCUT2D eigenvalue weighted by Crippen LogP contribution is -1.80. The number of rotatable bonds is 2. The second kappa shape index (κ2) is 4.37. The number of hydrogen-bond donors (Lipinski definition) is 0. The second-order valence-electron chi connectivity index (χ2n) is 2.14. The van der Waals surface area contributed by atoms with Crippen LogP contribution in [0.2, 0.25) is 0 Å². The third-order valence-electron chi connectivity index (χ3n) is 1.67. The Hall–Kier alpha value is -0.520. The van der Waals surface area contributed by atoms with Gasteiger partial charge in [-0.2, -0.15) is 0 Å². The molecule has 0 N–H and O–H groups in total. The van der Waals surface area contributed by atoms with Gasteiger partial charge in [0, 0.05) is 0 Å². The van der Waals surface area contributed by atoms with Gasteiger partial charge in [0.2, 0.25) is 0 Å². The zero-order valence-electron chi connectivity index (χ0n) is 6.86. The monoisotopic (exact) mass is 124 g/mol. The molecule has 0 amide bonds. The van der Waals surface area contributed by atoms with E-state index in [2.05, 4.69) is 39.8 Å². The molecule has 0 spiro atoms. The van der Waals surface area contributed by atoms with Crippen molar-refractivity contribution in [1.29, 1.82) is 0 Å². The van der Waals surface area contributed by atoms with E-state index in [1.165, 1.54) is 11.1 Å². The average molecular weight is 124 g/mol. The number of allylic oxidation sites excluding steroid dienone is 4. The van der Waals surface area contributed by atoms with Crippen LogP contribution in [0.15, 0.2) is 23.3 Å². The van der Waals surface area contributed by atoms with Gasteiger partial charge in [-0.3, -0.25) is 0 Å². The van der Waals surface area contributed by atoms with Gasteiger partial charge in [-0.15, -0.1) is 0 Å². The van der Waals surface area contributed by atoms with Gasteiger partial charge in [-0.1, -0.05) is 24.6 Å². The zero-order chi connectivity index (χ0) is 7.28. The molecular formula is C9H16. The van der Waals surface area contributed by atoms with Crippen LogP contribution < -0.4 is 0 Å². The third kappa shape index (κ3) is 2.50. The zero-order valence-corrected chi connectivity index (χ0v) is 6.86. The van der Waals surface area contributed by atoms with Gasteiger partial charge in [0.05, 0.1) is 0 Å². The predicted molar refractivity (Wildman–Crippen MR) is 43.5 cm³/mol. The highest BCUT2D eigenvalue weighted by Crippen LogP contribution is 2.11. The molecule has 0 heteroatoms. The molecule has 0 saturated heterocycles. The van der Waals surface area contributed by atoms with Gasteiger partial charge in [0.25, 0.3) is 0 Å². The fraction of sp³-hybridized carbons (Fsp3) is 0.556. The van der Waals surface area contributed by atoms with Crippen LogP contribution in [0, 0.1) is 0 Å². The molecule has 0 heterocycles. The highest BCUT2D eigenvalue weighted by molar-refractivity contribution is 5.27. The first-order valence-corrected chi connectivity index (χ1v) is 3.54. The maximum absolute atomic E-state index is 2.18. The van der Waals surface area contributed by atoms with Crippen molar-refractivity contribution in [3.05, 3.63) is 23.3 Å². The quantitative estimate of drug-likeness (QED) is 0.495. The minimum Gasteiger partial charge on any atom is -0.0845 e. The van der Waals surface area contributed by atoms with E-state index in [1.807, 2.05) is 0 Å². The summed E-state index contributed by atoms with van der Waals surface area (Å²) < 4.78 is 0. The first kappa shape index (κ1) is 8.48. The van der Waals surface area contributed by atoms with Crippen molar-refractivity contribution in [2.24, 2.45) is 0 Å². The Morgan fingerprint density at radius 3 is 1.89 bits per heavy atom. The lowest BCUT2D eigenvalue weighted by atomic mass is 10.1. The third-order valence-corrected chi connectivity index (χ3v) is 1.67. The van der Waals surface area contributed by atoms with E-state index in [9.17, 15) is 0 Å². The SMILES string of the molecule is CC=C(C)C(=CC)CC. The van der Waals surface area contributed by atoms with Gasteiger partial charge in [0.1, 0.15) is 0 Å². The average Bonchev–Trinajstić information content (AvgIpc) is 1.90. The van der Waals surface area contributed by atoms with E-state index < -0.39 is 0 Å². The largest absolute Gasteiger partial charge is 0.0845 e. The lowest BCUT2D eigenvalue weighted by Gasteiger charge is -2.00. The maximum atomic E-state index is 2.18. The Balaban J connectivity index is 4.14. The Morgan fingerprint density at radius 1 is 1.22 bits per heavy atom. The molecule has 0 radical (unpaired) electrons. The lowest BCUT2D eigenvalue weighted by molar-refractivity contribution is 1.09. The fourth-order valence-corrected chi connectivity index (χ4v) is 0.896. The molecule has 0 rings (SSSR count). The van der Waals surface area contributed by atoms with Crippen LogP contribution in [0.1, 0.15) is 34.1 Å². The molecule has 0 atom stereocenters. The molecule has 0 aliphatic heterocycles. The molecule has 0 aromatic rings. The summed E-state index contributed by atoms with van der Waals surface area (Å²) in [6.07, 6.45) is 5.47. The first-order chi connectivity index (χ1) is 4.26. The van der Waals surface area contributed by atoms with Crippen molar-refractivity contribution >= 4 is 0 Å². The minimum atomic E-state index is 1.15. The van der Waals surface area contributed by atoms with E-state index in [0.717, 1.165) is 6.42 Å². The summed E-state index contributed by atoms with van der Waals surface area (Å²) in [6, 6.07) is 0. The van der Waals surface area contributed by atoms with Gasteiger partial charge < -0.3 is 0 Å². The molecule has 0 aliphatic carbocycles. The molecular weight excluding hydrogens is 108 g/mol. The smallest absolute Gasteiger partial charge is 0.0308 e. The van der Waals surface area contributed by atoms with Gasteiger partial charge in [0.15, 0.2) is 0 Å². The summed E-state index contributed by atoms with van der Waals surface area (Å²) in [5, 5.41) is 0. The summed E-state index contributed by atoms with van der Waals surface area (Å²) in [5.74, 6) is 0. The van der Waals surface area contributed by atoms with E-state index in [-0.39, 0.29) is 0 Å². The van der Waals surface area contributed by atoms with Gasteiger partial charge >= 0.3 is 0 Å². The van der Waals surface area contributed by atoms with Crippen molar-refractivity contribution < 1.29 is 0 Å². The topological polar surface area (TPSA) is 0 Å². The molecule has 0 fully saturated rings. The minimum absolute atomic E-state index is 1.15. The van der Waals surface area contributed by atoms with Crippen LogP contribution in [0.3, 0.4) is 0 Å². The fourth-order valence-electron chi connectivity index (χ4n) is 0.896. The number of hydrogen-bond acceptors (Lipinski definition) is 0. The molecule has 0 aromatic heterocycles. The van der Waals surface area contributed by atoms with E-state index >= 15 is 0 Å². The molecule has 0 nitrogen and oxygen atoms in total. The highest BCUT2D eigenvalue weighted by atomic mass is 14.0. The van der Waals surface area contributed by atoms with Crippen molar-refractivity contribution in [3.63, 3.8) is 0 Å². The summed E-state index contributed by atoms with van der Waals surface area (Å²) >= 11 is 0. The van der Waals surface area contributed by atoms with E-state index in [0.29, 0.717) is 0 Å². The Bertz CT molecular complexity index is 127. The van der Waals surface area contributed by atoms with Crippen LogP contribution in [0.5, 0.6) is 0 Å². The van der Waals surface area contributed by atoms with Crippen LogP contribution in [-0.4, -0.2) is 0 Å². The predicted octanol–water partition coefficient (Wildman–Crippen LogP) is 3.31.